The van der Waals surface area contributed by atoms with E-state index in [0.29, 0.717) is 6.10 Å². The van der Waals surface area contributed by atoms with Crippen LogP contribution in [0.5, 0.6) is 0 Å². The van der Waals surface area contributed by atoms with E-state index in [1.807, 2.05) is 0 Å². The standard InChI is InChI=1S/C10H14BrNOS/c1-2-8-4-12-5-9(13-8)10-3-7(11)6-14-10/h3,6,8-9,12H,2,4-5H2,1H3. The van der Waals surface area contributed by atoms with Gasteiger partial charge in [-0.05, 0) is 28.4 Å². The predicted octanol–water partition coefficient (Wildman–Crippen LogP) is 2.95. The largest absolute Gasteiger partial charge is 0.367 e. The summed E-state index contributed by atoms with van der Waals surface area (Å²) >= 11 is 5.22. The van der Waals surface area contributed by atoms with Gasteiger partial charge in [0.1, 0.15) is 6.10 Å². The Balaban J connectivity index is 2.04. The van der Waals surface area contributed by atoms with Gasteiger partial charge in [-0.15, -0.1) is 11.3 Å². The maximum Gasteiger partial charge on any atom is 0.104 e. The van der Waals surface area contributed by atoms with Crippen LogP contribution in [0, 0.1) is 0 Å². The minimum absolute atomic E-state index is 0.241. The number of hydrogen-bond acceptors (Lipinski definition) is 3. The van der Waals surface area contributed by atoms with Crippen molar-refractivity contribution >= 4 is 27.3 Å². The average Bonchev–Trinajstić information content (AvgIpc) is 2.65. The molecule has 2 atom stereocenters. The molecule has 2 unspecified atom stereocenters. The molecule has 1 N–H and O–H groups in total. The molecule has 1 aromatic heterocycles. The van der Waals surface area contributed by atoms with Crippen LogP contribution in [-0.4, -0.2) is 19.2 Å². The van der Waals surface area contributed by atoms with Crippen LogP contribution in [0.25, 0.3) is 0 Å². The van der Waals surface area contributed by atoms with Crippen LogP contribution in [0.3, 0.4) is 0 Å². The molecule has 1 aromatic rings. The van der Waals surface area contributed by atoms with Gasteiger partial charge in [-0.3, -0.25) is 0 Å². The van der Waals surface area contributed by atoms with Crippen LogP contribution in [0.2, 0.25) is 0 Å². The van der Waals surface area contributed by atoms with Gasteiger partial charge >= 0.3 is 0 Å². The molecule has 4 heteroatoms. The van der Waals surface area contributed by atoms with E-state index in [-0.39, 0.29) is 6.10 Å². The summed E-state index contributed by atoms with van der Waals surface area (Å²) in [5.74, 6) is 0. The van der Waals surface area contributed by atoms with Crippen LogP contribution in [0.4, 0.5) is 0 Å². The van der Waals surface area contributed by atoms with Gasteiger partial charge in [0.2, 0.25) is 0 Å². The molecule has 1 aliphatic heterocycles. The van der Waals surface area contributed by atoms with Gasteiger partial charge in [0.15, 0.2) is 0 Å². The van der Waals surface area contributed by atoms with Crippen molar-refractivity contribution < 1.29 is 4.74 Å². The minimum atomic E-state index is 0.241. The number of thiophene rings is 1. The van der Waals surface area contributed by atoms with Crippen molar-refractivity contribution in [2.45, 2.75) is 25.6 Å². The highest BCUT2D eigenvalue weighted by Gasteiger charge is 2.22. The van der Waals surface area contributed by atoms with Crippen molar-refractivity contribution in [3.8, 4) is 0 Å². The highest BCUT2D eigenvalue weighted by molar-refractivity contribution is 9.10. The maximum absolute atomic E-state index is 5.96. The van der Waals surface area contributed by atoms with E-state index in [2.05, 4.69) is 39.6 Å². The lowest BCUT2D eigenvalue weighted by atomic mass is 10.2. The molecule has 2 heterocycles. The summed E-state index contributed by atoms with van der Waals surface area (Å²) in [7, 11) is 0. The molecule has 0 amide bonds. The lowest BCUT2D eigenvalue weighted by molar-refractivity contribution is -0.0382. The molecular formula is C10H14BrNOS. The molecule has 0 radical (unpaired) electrons. The van der Waals surface area contributed by atoms with E-state index in [0.717, 1.165) is 24.0 Å². The fourth-order valence-electron chi connectivity index (χ4n) is 1.61. The molecular weight excluding hydrogens is 262 g/mol. The third kappa shape index (κ3) is 2.37. The zero-order valence-corrected chi connectivity index (χ0v) is 10.5. The van der Waals surface area contributed by atoms with Crippen molar-refractivity contribution in [1.82, 2.24) is 5.32 Å². The van der Waals surface area contributed by atoms with Gasteiger partial charge in [-0.2, -0.15) is 0 Å². The van der Waals surface area contributed by atoms with Crippen LogP contribution in [0.15, 0.2) is 15.9 Å². The lowest BCUT2D eigenvalue weighted by Gasteiger charge is -2.29. The molecule has 14 heavy (non-hydrogen) atoms. The quantitative estimate of drug-likeness (QED) is 0.896. The number of nitrogens with one attached hydrogen (secondary N) is 1. The smallest absolute Gasteiger partial charge is 0.104 e. The maximum atomic E-state index is 5.96. The van der Waals surface area contributed by atoms with Crippen LogP contribution >= 0.6 is 27.3 Å². The fraction of sp³-hybridized carbons (Fsp3) is 0.600. The molecule has 78 valence electrons. The van der Waals surface area contributed by atoms with Gasteiger partial charge in [0.05, 0.1) is 6.10 Å². The van der Waals surface area contributed by atoms with E-state index >= 15 is 0 Å². The fourth-order valence-corrected chi connectivity index (χ4v) is 3.09. The van der Waals surface area contributed by atoms with Crippen molar-refractivity contribution in [2.24, 2.45) is 0 Å². The highest BCUT2D eigenvalue weighted by atomic mass is 79.9. The highest BCUT2D eigenvalue weighted by Crippen LogP contribution is 2.30. The van der Waals surface area contributed by atoms with Gasteiger partial charge in [-0.25, -0.2) is 0 Å². The van der Waals surface area contributed by atoms with E-state index < -0.39 is 0 Å². The van der Waals surface area contributed by atoms with Gasteiger partial charge < -0.3 is 10.1 Å². The second kappa shape index (κ2) is 4.75. The normalized spacial score (nSPS) is 27.9. The van der Waals surface area contributed by atoms with E-state index in [1.54, 1.807) is 11.3 Å². The molecule has 1 saturated heterocycles. The number of halogens is 1. The molecule has 2 rings (SSSR count). The second-order valence-corrected chi connectivity index (χ2v) is 5.34. The first-order chi connectivity index (χ1) is 6.79. The van der Waals surface area contributed by atoms with Crippen LogP contribution < -0.4 is 5.32 Å². The molecule has 1 fully saturated rings. The number of hydrogen-bond donors (Lipinski definition) is 1. The Morgan fingerprint density at radius 2 is 2.50 bits per heavy atom. The lowest BCUT2D eigenvalue weighted by Crippen LogP contribution is -2.39. The Labute approximate surface area is 96.8 Å². The van der Waals surface area contributed by atoms with Gasteiger partial charge in [-0.1, -0.05) is 6.92 Å². The molecule has 0 aromatic carbocycles. The number of morpholine rings is 1. The summed E-state index contributed by atoms with van der Waals surface area (Å²) in [5.41, 5.74) is 0. The zero-order chi connectivity index (χ0) is 9.97. The Bertz CT molecular complexity index is 302. The van der Waals surface area contributed by atoms with Gasteiger partial charge in [0, 0.05) is 27.8 Å². The summed E-state index contributed by atoms with van der Waals surface area (Å²) in [6, 6.07) is 2.15. The average molecular weight is 276 g/mol. The van der Waals surface area contributed by atoms with Crippen LogP contribution in [-0.2, 0) is 4.74 Å². The zero-order valence-electron chi connectivity index (χ0n) is 8.13. The molecule has 1 aliphatic rings. The van der Waals surface area contributed by atoms with Crippen molar-refractivity contribution in [3.05, 3.63) is 20.8 Å². The number of rotatable bonds is 2. The summed E-state index contributed by atoms with van der Waals surface area (Å²) in [6.07, 6.45) is 1.69. The van der Waals surface area contributed by atoms with Gasteiger partial charge in [0.25, 0.3) is 0 Å². The first-order valence-electron chi connectivity index (χ1n) is 4.89. The van der Waals surface area contributed by atoms with Crippen molar-refractivity contribution in [3.63, 3.8) is 0 Å². The third-order valence-corrected chi connectivity index (χ3v) is 4.20. The second-order valence-electron chi connectivity index (χ2n) is 3.48. The molecule has 0 saturated carbocycles. The van der Waals surface area contributed by atoms with E-state index in [9.17, 15) is 0 Å². The Kier molecular flexibility index (Phi) is 3.60. The first-order valence-corrected chi connectivity index (χ1v) is 6.57. The predicted molar refractivity (Wildman–Crippen MR) is 62.8 cm³/mol. The first kappa shape index (κ1) is 10.6. The van der Waals surface area contributed by atoms with E-state index in [1.165, 1.54) is 4.88 Å². The minimum Gasteiger partial charge on any atom is -0.367 e. The SMILES string of the molecule is CCC1CNCC(c2cc(Br)cs2)O1. The molecule has 0 spiro atoms. The molecule has 0 aliphatic carbocycles. The Hall–Kier alpha value is 0.1000. The Morgan fingerprint density at radius 3 is 3.14 bits per heavy atom. The summed E-state index contributed by atoms with van der Waals surface area (Å²) in [4.78, 5) is 1.31. The van der Waals surface area contributed by atoms with Crippen molar-refractivity contribution in [2.75, 3.05) is 13.1 Å². The van der Waals surface area contributed by atoms with E-state index in [4.69, 9.17) is 4.74 Å². The summed E-state index contributed by atoms with van der Waals surface area (Å²) < 4.78 is 7.11. The number of ether oxygens (including phenoxy) is 1. The summed E-state index contributed by atoms with van der Waals surface area (Å²) in [5, 5.41) is 5.52. The Morgan fingerprint density at radius 1 is 1.64 bits per heavy atom. The monoisotopic (exact) mass is 275 g/mol. The molecule has 0 bridgehead atoms. The third-order valence-electron chi connectivity index (χ3n) is 2.42. The van der Waals surface area contributed by atoms with Crippen molar-refractivity contribution in [1.29, 1.82) is 0 Å². The summed E-state index contributed by atoms with van der Waals surface area (Å²) in [6.45, 7) is 4.09. The molecule has 2 nitrogen and oxygen atoms in total. The topological polar surface area (TPSA) is 21.3 Å². The van der Waals surface area contributed by atoms with Crippen LogP contribution in [0.1, 0.15) is 24.3 Å².